The van der Waals surface area contributed by atoms with Gasteiger partial charge < -0.3 is 20.1 Å². The molecule has 0 spiro atoms. The van der Waals surface area contributed by atoms with Gasteiger partial charge in [-0.25, -0.2) is 17.8 Å². The molecule has 4 rings (SSSR count). The Bertz CT molecular complexity index is 1290. The molecule has 1 aliphatic rings. The van der Waals surface area contributed by atoms with E-state index in [1.807, 2.05) is 24.3 Å². The number of rotatable bonds is 11. The molecule has 37 heavy (non-hydrogen) atoms. The molecule has 1 saturated heterocycles. The zero-order valence-electron chi connectivity index (χ0n) is 20.9. The Morgan fingerprint density at radius 3 is 2.54 bits per heavy atom. The minimum atomic E-state index is -3.52. The molecule has 0 unspecified atom stereocenters. The van der Waals surface area contributed by atoms with Crippen molar-refractivity contribution >= 4 is 38.9 Å². The highest BCUT2D eigenvalue weighted by Crippen LogP contribution is 2.31. The van der Waals surface area contributed by atoms with Gasteiger partial charge in [-0.15, -0.1) is 0 Å². The maximum absolute atomic E-state index is 14.6. The van der Waals surface area contributed by atoms with Gasteiger partial charge in [-0.2, -0.15) is 4.98 Å². The first kappa shape index (κ1) is 26.6. The minimum Gasteiger partial charge on any atom is -0.492 e. The van der Waals surface area contributed by atoms with E-state index in [4.69, 9.17) is 9.47 Å². The Morgan fingerprint density at radius 1 is 1.11 bits per heavy atom. The van der Waals surface area contributed by atoms with Crippen molar-refractivity contribution in [2.45, 2.75) is 6.92 Å². The molecular formula is C25H31FN6O4S. The lowest BCUT2D eigenvalue weighted by Gasteiger charge is -2.26. The fourth-order valence-electron chi connectivity index (χ4n) is 3.90. The number of nitrogens with one attached hydrogen (secondary N) is 2. The summed E-state index contributed by atoms with van der Waals surface area (Å²) in [5, 5.41) is 5.96. The molecule has 12 heteroatoms. The molecule has 0 aliphatic carbocycles. The van der Waals surface area contributed by atoms with E-state index < -0.39 is 15.8 Å². The topological polar surface area (TPSA) is 109 Å². The smallest absolute Gasteiger partial charge is 0.232 e. The van der Waals surface area contributed by atoms with Gasteiger partial charge in [-0.3, -0.25) is 9.21 Å². The van der Waals surface area contributed by atoms with Crippen molar-refractivity contribution in [3.63, 3.8) is 0 Å². The monoisotopic (exact) mass is 530 g/mol. The number of ether oxygens (including phenoxy) is 2. The number of nitrogens with zero attached hydrogens (tertiary/aromatic N) is 4. The van der Waals surface area contributed by atoms with Crippen molar-refractivity contribution < 1.29 is 22.3 Å². The Kier molecular flexibility index (Phi) is 8.74. The average Bonchev–Trinajstić information content (AvgIpc) is 2.88. The van der Waals surface area contributed by atoms with Gasteiger partial charge in [-0.05, 0) is 43.3 Å². The van der Waals surface area contributed by atoms with Crippen LogP contribution in [0.1, 0.15) is 6.92 Å². The van der Waals surface area contributed by atoms with Crippen LogP contribution < -0.4 is 19.7 Å². The van der Waals surface area contributed by atoms with Crippen molar-refractivity contribution in [3.05, 3.63) is 60.5 Å². The van der Waals surface area contributed by atoms with Crippen LogP contribution in [0.15, 0.2) is 54.7 Å². The minimum absolute atomic E-state index is 0.0856. The number of morpholine rings is 1. The number of halogens is 1. The van der Waals surface area contributed by atoms with Crippen LogP contribution in [-0.2, 0) is 14.8 Å². The van der Waals surface area contributed by atoms with E-state index in [0.717, 1.165) is 51.1 Å². The highest BCUT2D eigenvalue weighted by Gasteiger charge is 2.19. The van der Waals surface area contributed by atoms with E-state index in [-0.39, 0.29) is 18.3 Å². The largest absolute Gasteiger partial charge is 0.492 e. The van der Waals surface area contributed by atoms with Crippen LogP contribution in [0.3, 0.4) is 0 Å². The zero-order valence-corrected chi connectivity index (χ0v) is 21.7. The van der Waals surface area contributed by atoms with Gasteiger partial charge in [0, 0.05) is 31.9 Å². The average molecular weight is 531 g/mol. The summed E-state index contributed by atoms with van der Waals surface area (Å²) in [7, 11) is -3.52. The van der Waals surface area contributed by atoms with Crippen LogP contribution in [0.25, 0.3) is 0 Å². The van der Waals surface area contributed by atoms with E-state index in [1.165, 1.54) is 4.31 Å². The molecule has 198 valence electrons. The summed E-state index contributed by atoms with van der Waals surface area (Å²) in [4.78, 5) is 10.6. The van der Waals surface area contributed by atoms with E-state index in [2.05, 4.69) is 25.5 Å². The van der Waals surface area contributed by atoms with Crippen LogP contribution in [-0.4, -0.2) is 75.5 Å². The first-order chi connectivity index (χ1) is 17.8. The SMILES string of the molecule is CCN(c1ccccc1Nc1nc(Nc2ccc(OCCN3CCOCC3)cc2)ncc1F)S(C)(=O)=O. The third-order valence-corrected chi connectivity index (χ3v) is 7.00. The summed E-state index contributed by atoms with van der Waals surface area (Å²) in [6.07, 6.45) is 2.18. The third kappa shape index (κ3) is 7.28. The quantitative estimate of drug-likeness (QED) is 0.384. The fourth-order valence-corrected chi connectivity index (χ4v) is 4.89. The molecule has 1 aliphatic heterocycles. The van der Waals surface area contributed by atoms with Gasteiger partial charge >= 0.3 is 0 Å². The van der Waals surface area contributed by atoms with Gasteiger partial charge in [0.1, 0.15) is 12.4 Å². The summed E-state index contributed by atoms with van der Waals surface area (Å²) in [6.45, 7) is 6.72. The van der Waals surface area contributed by atoms with Crippen LogP contribution in [0.2, 0.25) is 0 Å². The van der Waals surface area contributed by atoms with Crippen LogP contribution in [0.5, 0.6) is 5.75 Å². The Labute approximate surface area is 216 Å². The molecule has 10 nitrogen and oxygen atoms in total. The van der Waals surface area contributed by atoms with Crippen LogP contribution in [0, 0.1) is 5.82 Å². The Morgan fingerprint density at radius 2 is 1.84 bits per heavy atom. The zero-order chi connectivity index (χ0) is 26.3. The standard InChI is InChI=1S/C25H31FN6O4S/c1-3-32(37(2,33)34)23-7-5-4-6-22(23)29-24-21(26)18-27-25(30-24)28-19-8-10-20(11-9-19)36-17-14-31-12-15-35-16-13-31/h4-11,18H,3,12-17H2,1-2H3,(H2,27,28,29,30). The van der Waals surface area contributed by atoms with Crippen molar-refractivity contribution in [3.8, 4) is 5.75 Å². The lowest BCUT2D eigenvalue weighted by molar-refractivity contribution is 0.0322. The number of anilines is 5. The second-order valence-electron chi connectivity index (χ2n) is 8.41. The summed E-state index contributed by atoms with van der Waals surface area (Å²) in [5.41, 5.74) is 1.49. The summed E-state index contributed by atoms with van der Waals surface area (Å²) in [5.74, 6) is 0.159. The van der Waals surface area contributed by atoms with E-state index in [0.29, 0.717) is 23.7 Å². The normalized spacial score (nSPS) is 14.2. The molecule has 0 saturated carbocycles. The second kappa shape index (κ2) is 12.2. The summed E-state index contributed by atoms with van der Waals surface area (Å²) < 4.78 is 51.4. The second-order valence-corrected chi connectivity index (χ2v) is 10.3. The molecule has 1 fully saturated rings. The molecule has 2 heterocycles. The van der Waals surface area contributed by atoms with Gasteiger partial charge in [0.2, 0.25) is 16.0 Å². The Balaban J connectivity index is 1.41. The highest BCUT2D eigenvalue weighted by molar-refractivity contribution is 7.92. The number of benzene rings is 2. The lowest BCUT2D eigenvalue weighted by Crippen LogP contribution is -2.38. The van der Waals surface area contributed by atoms with Gasteiger partial charge in [-0.1, -0.05) is 12.1 Å². The first-order valence-electron chi connectivity index (χ1n) is 12.0. The maximum Gasteiger partial charge on any atom is 0.232 e. The summed E-state index contributed by atoms with van der Waals surface area (Å²) >= 11 is 0. The van der Waals surface area contributed by atoms with Crippen LogP contribution >= 0.6 is 0 Å². The predicted molar refractivity (Wildman–Crippen MR) is 142 cm³/mol. The number of para-hydroxylation sites is 2. The fraction of sp³-hybridized carbons (Fsp3) is 0.360. The molecule has 0 radical (unpaired) electrons. The molecular weight excluding hydrogens is 499 g/mol. The number of hydrogen-bond acceptors (Lipinski definition) is 9. The van der Waals surface area contributed by atoms with Crippen molar-refractivity contribution in [2.24, 2.45) is 0 Å². The molecule has 2 aromatic carbocycles. The molecule has 0 atom stereocenters. The van der Waals surface area contributed by atoms with Crippen molar-refractivity contribution in [1.82, 2.24) is 14.9 Å². The summed E-state index contributed by atoms with van der Waals surface area (Å²) in [6, 6.07) is 14.1. The van der Waals surface area contributed by atoms with Gasteiger partial charge in [0.25, 0.3) is 0 Å². The highest BCUT2D eigenvalue weighted by atomic mass is 32.2. The third-order valence-electron chi connectivity index (χ3n) is 5.75. The molecule has 2 N–H and O–H groups in total. The van der Waals surface area contributed by atoms with E-state index in [9.17, 15) is 12.8 Å². The first-order valence-corrected chi connectivity index (χ1v) is 13.8. The van der Waals surface area contributed by atoms with Crippen LogP contribution in [0.4, 0.5) is 33.2 Å². The van der Waals surface area contributed by atoms with Gasteiger partial charge in [0.05, 0.1) is 37.0 Å². The number of aromatic nitrogens is 2. The van der Waals surface area contributed by atoms with Crippen molar-refractivity contribution in [1.29, 1.82) is 0 Å². The predicted octanol–water partition coefficient (Wildman–Crippen LogP) is 3.60. The van der Waals surface area contributed by atoms with E-state index in [1.54, 1.807) is 31.2 Å². The van der Waals surface area contributed by atoms with E-state index >= 15 is 0 Å². The molecule has 0 amide bonds. The molecule has 0 bridgehead atoms. The lowest BCUT2D eigenvalue weighted by atomic mass is 10.2. The van der Waals surface area contributed by atoms with Gasteiger partial charge in [0.15, 0.2) is 11.6 Å². The molecule has 3 aromatic rings. The number of sulfonamides is 1. The molecule has 1 aromatic heterocycles. The Hall–Kier alpha value is -3.48. The van der Waals surface area contributed by atoms with Crippen molar-refractivity contribution in [2.75, 3.05) is 67.2 Å². The number of hydrogen-bond donors (Lipinski definition) is 2. The maximum atomic E-state index is 14.6.